The minimum Gasteiger partial charge on any atom is -0.489 e. The van der Waals surface area contributed by atoms with Crippen molar-refractivity contribution in [2.75, 3.05) is 18.4 Å². The summed E-state index contributed by atoms with van der Waals surface area (Å²) < 4.78 is 33.4. The Kier molecular flexibility index (Phi) is 7.57. The Morgan fingerprint density at radius 2 is 1.83 bits per heavy atom. The van der Waals surface area contributed by atoms with Crippen molar-refractivity contribution in [3.8, 4) is 5.75 Å². The van der Waals surface area contributed by atoms with E-state index >= 15 is 0 Å². The summed E-state index contributed by atoms with van der Waals surface area (Å²) in [4.78, 5) is 12.8. The Morgan fingerprint density at radius 3 is 2.48 bits per heavy atom. The molecule has 0 radical (unpaired) electrons. The van der Waals surface area contributed by atoms with Gasteiger partial charge in [-0.25, -0.2) is 8.42 Å². The van der Waals surface area contributed by atoms with E-state index in [1.54, 1.807) is 22.5 Å². The molecule has 1 heterocycles. The molecule has 1 aromatic rings. The Hall–Kier alpha value is -1.60. The molecule has 2 fully saturated rings. The molecule has 1 amide bonds. The molecule has 7 heteroatoms. The molecule has 29 heavy (non-hydrogen) atoms. The van der Waals surface area contributed by atoms with Gasteiger partial charge in [0.2, 0.25) is 15.9 Å². The van der Waals surface area contributed by atoms with Crippen molar-refractivity contribution < 1.29 is 17.9 Å². The second-order valence-corrected chi connectivity index (χ2v) is 10.5. The normalized spacial score (nSPS) is 18.9. The number of nitrogens with one attached hydrogen (secondary N) is 1. The zero-order chi connectivity index (χ0) is 20.9. The molecule has 0 spiro atoms. The summed E-state index contributed by atoms with van der Waals surface area (Å²) >= 11 is 0. The van der Waals surface area contributed by atoms with E-state index in [4.69, 9.17) is 4.74 Å². The molecule has 1 aromatic carbocycles. The van der Waals surface area contributed by atoms with E-state index < -0.39 is 10.0 Å². The molecule has 0 bridgehead atoms. The molecule has 0 atom stereocenters. The first-order valence-electron chi connectivity index (χ1n) is 11.0. The van der Waals surface area contributed by atoms with Gasteiger partial charge in [0.05, 0.1) is 16.7 Å². The highest BCUT2D eigenvalue weighted by atomic mass is 32.2. The molecule has 3 rings (SSSR count). The molecule has 0 unspecified atom stereocenters. The Labute approximate surface area is 175 Å². The van der Waals surface area contributed by atoms with Crippen LogP contribution in [0.2, 0.25) is 0 Å². The maximum atomic E-state index is 13.0. The van der Waals surface area contributed by atoms with Crippen LogP contribution in [0.1, 0.15) is 71.6 Å². The standard InChI is InChI=1S/C22H34N2O4S/c1-17(2)28-21-12-11-19(29(26,27)24-14-6-3-7-15-24)16-20(21)23-22(25)13-10-18-8-4-5-9-18/h11-12,16-18H,3-10,13-15H2,1-2H3,(H,23,25). The lowest BCUT2D eigenvalue weighted by atomic mass is 10.0. The molecular formula is C22H34N2O4S. The van der Waals surface area contributed by atoms with Crippen LogP contribution in [0.25, 0.3) is 0 Å². The Balaban J connectivity index is 1.76. The van der Waals surface area contributed by atoms with Crippen LogP contribution < -0.4 is 10.1 Å². The van der Waals surface area contributed by atoms with Gasteiger partial charge < -0.3 is 10.1 Å². The second-order valence-electron chi connectivity index (χ2n) is 8.53. The second kappa shape index (κ2) is 9.94. The number of nitrogens with zero attached hydrogens (tertiary/aromatic N) is 1. The number of sulfonamides is 1. The van der Waals surface area contributed by atoms with Crippen molar-refractivity contribution in [2.45, 2.75) is 82.6 Å². The van der Waals surface area contributed by atoms with E-state index in [2.05, 4.69) is 5.32 Å². The number of hydrogen-bond donors (Lipinski definition) is 1. The van der Waals surface area contributed by atoms with Gasteiger partial charge in [0.1, 0.15) is 5.75 Å². The van der Waals surface area contributed by atoms with E-state index in [1.165, 1.54) is 25.7 Å². The van der Waals surface area contributed by atoms with Gasteiger partial charge in [-0.3, -0.25) is 4.79 Å². The smallest absolute Gasteiger partial charge is 0.243 e. The summed E-state index contributed by atoms with van der Waals surface area (Å²) in [6.07, 6.45) is 9.04. The Morgan fingerprint density at radius 1 is 1.14 bits per heavy atom. The van der Waals surface area contributed by atoms with Crippen LogP contribution in [0.5, 0.6) is 5.75 Å². The third-order valence-electron chi connectivity index (χ3n) is 5.79. The number of ether oxygens (including phenoxy) is 1. The maximum absolute atomic E-state index is 13.0. The van der Waals surface area contributed by atoms with E-state index in [0.717, 1.165) is 25.7 Å². The highest BCUT2D eigenvalue weighted by molar-refractivity contribution is 7.89. The molecular weight excluding hydrogens is 388 g/mol. The van der Waals surface area contributed by atoms with Crippen LogP contribution in [0.15, 0.2) is 23.1 Å². The van der Waals surface area contributed by atoms with Crippen LogP contribution in [-0.2, 0) is 14.8 Å². The number of piperidine rings is 1. The highest BCUT2D eigenvalue weighted by Crippen LogP contribution is 2.32. The average Bonchev–Trinajstić information content (AvgIpc) is 3.21. The number of carbonyl (C=O) groups is 1. The van der Waals surface area contributed by atoms with Crippen LogP contribution in [0, 0.1) is 5.92 Å². The number of benzene rings is 1. The van der Waals surface area contributed by atoms with Gasteiger partial charge in [-0.1, -0.05) is 32.1 Å². The SMILES string of the molecule is CC(C)Oc1ccc(S(=O)(=O)N2CCCCC2)cc1NC(=O)CCC1CCCC1. The lowest BCUT2D eigenvalue weighted by molar-refractivity contribution is -0.116. The van der Waals surface area contributed by atoms with E-state index in [9.17, 15) is 13.2 Å². The Bertz CT molecular complexity index is 795. The van der Waals surface area contributed by atoms with Crippen molar-refractivity contribution in [3.05, 3.63) is 18.2 Å². The van der Waals surface area contributed by atoms with Crippen molar-refractivity contribution in [2.24, 2.45) is 5.92 Å². The van der Waals surface area contributed by atoms with Crippen LogP contribution in [-0.4, -0.2) is 37.8 Å². The summed E-state index contributed by atoms with van der Waals surface area (Å²) in [5, 5.41) is 2.91. The quantitative estimate of drug-likeness (QED) is 0.666. The lowest BCUT2D eigenvalue weighted by Crippen LogP contribution is -2.35. The fraction of sp³-hybridized carbons (Fsp3) is 0.682. The van der Waals surface area contributed by atoms with Gasteiger partial charge >= 0.3 is 0 Å². The van der Waals surface area contributed by atoms with Gasteiger partial charge in [0, 0.05) is 19.5 Å². The first-order chi connectivity index (χ1) is 13.9. The van der Waals surface area contributed by atoms with Crippen molar-refractivity contribution >= 4 is 21.6 Å². The third kappa shape index (κ3) is 5.95. The molecule has 6 nitrogen and oxygen atoms in total. The molecule has 2 aliphatic rings. The van der Waals surface area contributed by atoms with E-state index in [-0.39, 0.29) is 16.9 Å². The van der Waals surface area contributed by atoms with Gasteiger partial charge in [0.25, 0.3) is 0 Å². The fourth-order valence-electron chi connectivity index (χ4n) is 4.23. The molecule has 1 N–H and O–H groups in total. The maximum Gasteiger partial charge on any atom is 0.243 e. The van der Waals surface area contributed by atoms with Crippen LogP contribution in [0.4, 0.5) is 5.69 Å². The van der Waals surface area contributed by atoms with Crippen molar-refractivity contribution in [1.82, 2.24) is 4.31 Å². The molecule has 1 saturated carbocycles. The molecule has 1 aliphatic heterocycles. The molecule has 1 saturated heterocycles. The number of hydrogen-bond acceptors (Lipinski definition) is 4. The highest BCUT2D eigenvalue weighted by Gasteiger charge is 2.27. The summed E-state index contributed by atoms with van der Waals surface area (Å²) in [5.41, 5.74) is 0.438. The predicted molar refractivity (Wildman–Crippen MR) is 115 cm³/mol. The summed E-state index contributed by atoms with van der Waals surface area (Å²) in [6.45, 7) is 4.92. The zero-order valence-corrected chi connectivity index (χ0v) is 18.5. The van der Waals surface area contributed by atoms with Gasteiger partial charge in [-0.15, -0.1) is 0 Å². The number of rotatable bonds is 8. The number of carbonyl (C=O) groups excluding carboxylic acids is 1. The van der Waals surface area contributed by atoms with E-state index in [1.807, 2.05) is 13.8 Å². The molecule has 0 aromatic heterocycles. The van der Waals surface area contributed by atoms with Crippen LogP contribution >= 0.6 is 0 Å². The summed E-state index contributed by atoms with van der Waals surface area (Å²) in [6, 6.07) is 4.79. The first-order valence-corrected chi connectivity index (χ1v) is 12.4. The van der Waals surface area contributed by atoms with Crippen molar-refractivity contribution in [3.63, 3.8) is 0 Å². The minimum atomic E-state index is -3.56. The number of anilines is 1. The predicted octanol–water partition coefficient (Wildman–Crippen LogP) is 4.56. The monoisotopic (exact) mass is 422 g/mol. The van der Waals surface area contributed by atoms with E-state index in [0.29, 0.717) is 36.9 Å². The minimum absolute atomic E-state index is 0.0753. The van der Waals surface area contributed by atoms with Gasteiger partial charge in [-0.05, 0) is 57.2 Å². The van der Waals surface area contributed by atoms with Gasteiger partial charge in [0.15, 0.2) is 0 Å². The first kappa shape index (κ1) is 22.1. The van der Waals surface area contributed by atoms with Crippen molar-refractivity contribution in [1.29, 1.82) is 0 Å². The zero-order valence-electron chi connectivity index (χ0n) is 17.7. The van der Waals surface area contributed by atoms with Crippen LogP contribution in [0.3, 0.4) is 0 Å². The summed E-state index contributed by atoms with van der Waals surface area (Å²) in [5.74, 6) is 1.06. The molecule has 1 aliphatic carbocycles. The lowest BCUT2D eigenvalue weighted by Gasteiger charge is -2.26. The van der Waals surface area contributed by atoms with Gasteiger partial charge in [-0.2, -0.15) is 4.31 Å². The fourth-order valence-corrected chi connectivity index (χ4v) is 5.77. The topological polar surface area (TPSA) is 75.7 Å². The largest absolute Gasteiger partial charge is 0.489 e. The number of amides is 1. The molecule has 162 valence electrons. The summed E-state index contributed by atoms with van der Waals surface area (Å²) in [7, 11) is -3.56. The average molecular weight is 423 g/mol. The third-order valence-corrected chi connectivity index (χ3v) is 7.69.